The first-order valence-electron chi connectivity index (χ1n) is 4.80. The number of halogens is 1. The second kappa shape index (κ2) is 5.35. The van der Waals surface area contributed by atoms with Crippen molar-refractivity contribution in [3.8, 4) is 0 Å². The highest BCUT2D eigenvalue weighted by Gasteiger charge is 2.24. The van der Waals surface area contributed by atoms with E-state index in [0.29, 0.717) is 6.54 Å². The van der Waals surface area contributed by atoms with E-state index in [1.807, 2.05) is 6.07 Å². The predicted octanol–water partition coefficient (Wildman–Crippen LogP) is 2.29. The van der Waals surface area contributed by atoms with E-state index < -0.39 is 0 Å². The number of rotatable bonds is 2. The molecular formula is C11H16ClNO. The van der Waals surface area contributed by atoms with Gasteiger partial charge in [0.15, 0.2) is 0 Å². The first kappa shape index (κ1) is 11.5. The Morgan fingerprint density at radius 3 is 2.50 bits per heavy atom. The van der Waals surface area contributed by atoms with E-state index in [2.05, 4.69) is 24.3 Å². The molecule has 0 radical (unpaired) electrons. The van der Waals surface area contributed by atoms with Gasteiger partial charge in [0.2, 0.25) is 0 Å². The lowest BCUT2D eigenvalue weighted by Gasteiger charge is -2.12. The largest absolute Gasteiger partial charge is 0.369 e. The molecule has 2 rings (SSSR count). The predicted molar refractivity (Wildman–Crippen MR) is 59.6 cm³/mol. The molecule has 3 heteroatoms. The molecule has 14 heavy (non-hydrogen) atoms. The fraction of sp³-hybridized carbons (Fsp3) is 0.455. The number of ether oxygens (including phenoxy) is 1. The molecule has 1 fully saturated rings. The Morgan fingerprint density at radius 1 is 1.21 bits per heavy atom. The van der Waals surface area contributed by atoms with E-state index in [9.17, 15) is 0 Å². The lowest BCUT2D eigenvalue weighted by atomic mass is 10.1. The lowest BCUT2D eigenvalue weighted by molar-refractivity contribution is 0.0498. The van der Waals surface area contributed by atoms with Gasteiger partial charge in [-0.05, 0) is 18.4 Å². The molecule has 0 aromatic heterocycles. The highest BCUT2D eigenvalue weighted by molar-refractivity contribution is 5.85. The standard InChI is InChI=1S/C11H15NO.ClH/c12-8-10-6-7-11(13-10)9-4-2-1-3-5-9;/h1-5,10-11H,6-8,12H2;1H/t10-,11-;/m0./s1. The summed E-state index contributed by atoms with van der Waals surface area (Å²) in [6.07, 6.45) is 2.74. The van der Waals surface area contributed by atoms with Gasteiger partial charge in [-0.25, -0.2) is 0 Å². The van der Waals surface area contributed by atoms with Crippen molar-refractivity contribution >= 4 is 12.4 Å². The third kappa shape index (κ3) is 2.47. The Balaban J connectivity index is 0.000000980. The molecule has 0 saturated carbocycles. The van der Waals surface area contributed by atoms with Crippen LogP contribution in [0.1, 0.15) is 24.5 Å². The summed E-state index contributed by atoms with van der Waals surface area (Å²) in [5, 5.41) is 0. The zero-order chi connectivity index (χ0) is 9.10. The van der Waals surface area contributed by atoms with Gasteiger partial charge in [0.1, 0.15) is 0 Å². The van der Waals surface area contributed by atoms with E-state index in [1.54, 1.807) is 0 Å². The molecule has 2 nitrogen and oxygen atoms in total. The molecule has 1 aliphatic rings. The van der Waals surface area contributed by atoms with Gasteiger partial charge in [-0.3, -0.25) is 0 Å². The van der Waals surface area contributed by atoms with Gasteiger partial charge in [0, 0.05) is 6.54 Å². The van der Waals surface area contributed by atoms with Crippen LogP contribution in [0.25, 0.3) is 0 Å². The molecule has 1 aromatic carbocycles. The van der Waals surface area contributed by atoms with Gasteiger partial charge in [-0.2, -0.15) is 0 Å². The molecule has 1 aliphatic heterocycles. The van der Waals surface area contributed by atoms with Crippen molar-refractivity contribution in [3.63, 3.8) is 0 Å². The first-order valence-corrected chi connectivity index (χ1v) is 4.80. The average Bonchev–Trinajstić information content (AvgIpc) is 2.67. The van der Waals surface area contributed by atoms with Crippen LogP contribution < -0.4 is 5.73 Å². The Morgan fingerprint density at radius 2 is 1.93 bits per heavy atom. The minimum absolute atomic E-state index is 0. The van der Waals surface area contributed by atoms with Gasteiger partial charge in [0.05, 0.1) is 12.2 Å². The van der Waals surface area contributed by atoms with Gasteiger partial charge >= 0.3 is 0 Å². The molecule has 78 valence electrons. The Kier molecular flexibility index (Phi) is 4.39. The molecule has 0 unspecified atom stereocenters. The van der Waals surface area contributed by atoms with E-state index >= 15 is 0 Å². The highest BCUT2D eigenvalue weighted by atomic mass is 35.5. The van der Waals surface area contributed by atoms with E-state index in [1.165, 1.54) is 5.56 Å². The summed E-state index contributed by atoms with van der Waals surface area (Å²) in [5.74, 6) is 0. The summed E-state index contributed by atoms with van der Waals surface area (Å²) in [7, 11) is 0. The van der Waals surface area contributed by atoms with Crippen molar-refractivity contribution < 1.29 is 4.74 Å². The zero-order valence-corrected chi connectivity index (χ0v) is 8.87. The normalized spacial score (nSPS) is 25.8. The summed E-state index contributed by atoms with van der Waals surface area (Å²) in [6, 6.07) is 10.4. The van der Waals surface area contributed by atoms with Crippen molar-refractivity contribution in [2.75, 3.05) is 6.54 Å². The number of benzene rings is 1. The zero-order valence-electron chi connectivity index (χ0n) is 8.06. The SMILES string of the molecule is Cl.NC[C@@H]1CC[C@@H](c2ccccc2)O1. The Bertz CT molecular complexity index is 265. The summed E-state index contributed by atoms with van der Waals surface area (Å²) in [6.45, 7) is 0.642. The second-order valence-corrected chi connectivity index (χ2v) is 3.47. The van der Waals surface area contributed by atoms with Crippen LogP contribution in [0, 0.1) is 0 Å². The second-order valence-electron chi connectivity index (χ2n) is 3.47. The van der Waals surface area contributed by atoms with Gasteiger partial charge in [-0.1, -0.05) is 30.3 Å². The summed E-state index contributed by atoms with van der Waals surface area (Å²) in [5.41, 5.74) is 6.83. The van der Waals surface area contributed by atoms with Crippen molar-refractivity contribution in [2.24, 2.45) is 5.73 Å². The van der Waals surface area contributed by atoms with Crippen LogP contribution >= 0.6 is 12.4 Å². The third-order valence-corrected chi connectivity index (χ3v) is 2.54. The molecule has 0 aliphatic carbocycles. The maximum absolute atomic E-state index is 5.77. The van der Waals surface area contributed by atoms with E-state index in [4.69, 9.17) is 10.5 Å². The minimum atomic E-state index is 0. The van der Waals surface area contributed by atoms with Crippen LogP contribution in [0.5, 0.6) is 0 Å². The molecule has 1 saturated heterocycles. The fourth-order valence-corrected chi connectivity index (χ4v) is 1.79. The first-order chi connectivity index (χ1) is 6.40. The molecule has 0 amide bonds. The van der Waals surface area contributed by atoms with Crippen LogP contribution in [-0.2, 0) is 4.74 Å². The molecule has 0 spiro atoms. The number of hydrogen-bond donors (Lipinski definition) is 1. The van der Waals surface area contributed by atoms with Crippen LogP contribution in [-0.4, -0.2) is 12.6 Å². The van der Waals surface area contributed by atoms with Crippen molar-refractivity contribution in [3.05, 3.63) is 35.9 Å². The molecule has 2 atom stereocenters. The molecular weight excluding hydrogens is 198 g/mol. The molecule has 1 aromatic rings. The monoisotopic (exact) mass is 213 g/mol. The quantitative estimate of drug-likeness (QED) is 0.818. The van der Waals surface area contributed by atoms with E-state index in [-0.39, 0.29) is 24.6 Å². The topological polar surface area (TPSA) is 35.2 Å². The van der Waals surface area contributed by atoms with Gasteiger partial charge in [-0.15, -0.1) is 12.4 Å². The fourth-order valence-electron chi connectivity index (χ4n) is 1.79. The van der Waals surface area contributed by atoms with E-state index in [0.717, 1.165) is 12.8 Å². The number of hydrogen-bond acceptors (Lipinski definition) is 2. The number of nitrogens with two attached hydrogens (primary N) is 1. The minimum Gasteiger partial charge on any atom is -0.369 e. The summed E-state index contributed by atoms with van der Waals surface area (Å²) in [4.78, 5) is 0. The maximum Gasteiger partial charge on any atom is 0.0830 e. The lowest BCUT2D eigenvalue weighted by Crippen LogP contribution is -2.18. The Hall–Kier alpha value is -0.570. The van der Waals surface area contributed by atoms with Crippen LogP contribution in [0.15, 0.2) is 30.3 Å². The van der Waals surface area contributed by atoms with Crippen LogP contribution in [0.2, 0.25) is 0 Å². The highest BCUT2D eigenvalue weighted by Crippen LogP contribution is 2.31. The summed E-state index contributed by atoms with van der Waals surface area (Å²) < 4.78 is 5.77. The average molecular weight is 214 g/mol. The third-order valence-electron chi connectivity index (χ3n) is 2.54. The Labute approximate surface area is 90.9 Å². The smallest absolute Gasteiger partial charge is 0.0830 e. The van der Waals surface area contributed by atoms with Gasteiger partial charge < -0.3 is 10.5 Å². The van der Waals surface area contributed by atoms with Crippen LogP contribution in [0.4, 0.5) is 0 Å². The maximum atomic E-state index is 5.77. The van der Waals surface area contributed by atoms with Crippen LogP contribution in [0.3, 0.4) is 0 Å². The summed E-state index contributed by atoms with van der Waals surface area (Å²) >= 11 is 0. The van der Waals surface area contributed by atoms with Crippen molar-refractivity contribution in [1.82, 2.24) is 0 Å². The molecule has 1 heterocycles. The molecule has 2 N–H and O–H groups in total. The van der Waals surface area contributed by atoms with Crippen molar-refractivity contribution in [2.45, 2.75) is 25.0 Å². The van der Waals surface area contributed by atoms with Gasteiger partial charge in [0.25, 0.3) is 0 Å². The van der Waals surface area contributed by atoms with Crippen molar-refractivity contribution in [1.29, 1.82) is 0 Å². The molecule has 0 bridgehead atoms.